The first-order valence-corrected chi connectivity index (χ1v) is 7.32. The number of rotatable bonds is 4. The van der Waals surface area contributed by atoms with Gasteiger partial charge in [-0.1, -0.05) is 12.1 Å². The van der Waals surface area contributed by atoms with Crippen LogP contribution in [0.1, 0.15) is 24.0 Å². The number of carbonyl (C=O) groups is 1. The minimum Gasteiger partial charge on any atom is -0.326 e. The largest absolute Gasteiger partial charge is 0.326 e. The van der Waals surface area contributed by atoms with Crippen LogP contribution >= 0.6 is 0 Å². The lowest BCUT2D eigenvalue weighted by atomic mass is 9.97. The predicted molar refractivity (Wildman–Crippen MR) is 82.8 cm³/mol. The van der Waals surface area contributed by atoms with Gasteiger partial charge in [-0.05, 0) is 64.1 Å². The fourth-order valence-electron chi connectivity index (χ4n) is 2.59. The van der Waals surface area contributed by atoms with Gasteiger partial charge in [-0.15, -0.1) is 0 Å². The van der Waals surface area contributed by atoms with E-state index in [0.717, 1.165) is 43.7 Å². The molecule has 0 unspecified atom stereocenters. The number of benzene rings is 1. The third-order valence-corrected chi connectivity index (χ3v) is 3.77. The minimum atomic E-state index is 0.146. The maximum absolute atomic E-state index is 12.3. The van der Waals surface area contributed by atoms with Crippen LogP contribution < -0.4 is 10.6 Å². The lowest BCUT2D eigenvalue weighted by Crippen LogP contribution is -2.34. The first kappa shape index (κ1) is 15.0. The molecule has 0 bridgehead atoms. The average Bonchev–Trinajstić information content (AvgIpc) is 2.43. The summed E-state index contributed by atoms with van der Waals surface area (Å²) in [6.07, 6.45) is 1.87. The predicted octanol–water partition coefficient (Wildman–Crippen LogP) is 1.99. The molecule has 1 aliphatic rings. The van der Waals surface area contributed by atoms with Gasteiger partial charge in [0.15, 0.2) is 0 Å². The van der Waals surface area contributed by atoms with Crippen molar-refractivity contribution in [2.24, 2.45) is 5.92 Å². The Balaban J connectivity index is 2.05. The average molecular weight is 275 g/mol. The molecular formula is C16H25N3O. The van der Waals surface area contributed by atoms with Gasteiger partial charge in [0.05, 0.1) is 0 Å². The zero-order valence-corrected chi connectivity index (χ0v) is 12.7. The maximum atomic E-state index is 12.3. The summed E-state index contributed by atoms with van der Waals surface area (Å²) in [6.45, 7) is 4.81. The Labute approximate surface area is 121 Å². The van der Waals surface area contributed by atoms with E-state index in [1.807, 2.05) is 21.0 Å². The summed E-state index contributed by atoms with van der Waals surface area (Å²) in [7, 11) is 4.10. The molecule has 4 heteroatoms. The highest BCUT2D eigenvalue weighted by molar-refractivity contribution is 5.93. The molecule has 4 nitrogen and oxygen atoms in total. The summed E-state index contributed by atoms with van der Waals surface area (Å²) in [6, 6.07) is 6.29. The first-order chi connectivity index (χ1) is 9.56. The van der Waals surface area contributed by atoms with Gasteiger partial charge in [0.25, 0.3) is 0 Å². The van der Waals surface area contributed by atoms with E-state index in [4.69, 9.17) is 0 Å². The molecule has 0 saturated carbocycles. The van der Waals surface area contributed by atoms with Crippen molar-refractivity contribution in [1.29, 1.82) is 0 Å². The fraction of sp³-hybridized carbons (Fsp3) is 0.562. The van der Waals surface area contributed by atoms with E-state index < -0.39 is 0 Å². The van der Waals surface area contributed by atoms with Crippen molar-refractivity contribution < 1.29 is 4.79 Å². The standard InChI is InChI=1S/C16H25N3O/c1-12-4-5-13(11-19(2)3)10-15(12)18-16(20)14-6-8-17-9-7-14/h4-5,10,14,17H,6-9,11H2,1-3H3,(H,18,20). The number of amides is 1. The molecule has 2 N–H and O–H groups in total. The van der Waals surface area contributed by atoms with Gasteiger partial charge < -0.3 is 15.5 Å². The Hall–Kier alpha value is -1.39. The van der Waals surface area contributed by atoms with Gasteiger partial charge in [-0.2, -0.15) is 0 Å². The summed E-state index contributed by atoms with van der Waals surface area (Å²) in [5, 5.41) is 6.40. The highest BCUT2D eigenvalue weighted by Gasteiger charge is 2.21. The number of nitrogens with one attached hydrogen (secondary N) is 2. The summed E-state index contributed by atoms with van der Waals surface area (Å²) >= 11 is 0. The molecule has 1 heterocycles. The molecule has 1 aromatic rings. The maximum Gasteiger partial charge on any atom is 0.227 e. The van der Waals surface area contributed by atoms with Gasteiger partial charge >= 0.3 is 0 Å². The van der Waals surface area contributed by atoms with Crippen LogP contribution in [0.3, 0.4) is 0 Å². The molecule has 2 rings (SSSR count). The number of aryl methyl sites for hydroxylation is 1. The van der Waals surface area contributed by atoms with Gasteiger partial charge in [-0.25, -0.2) is 0 Å². The van der Waals surface area contributed by atoms with Crippen LogP contribution in [0.15, 0.2) is 18.2 Å². The topological polar surface area (TPSA) is 44.4 Å². The van der Waals surface area contributed by atoms with Crippen molar-refractivity contribution in [3.63, 3.8) is 0 Å². The molecule has 1 aromatic carbocycles. The van der Waals surface area contributed by atoms with Crippen LogP contribution in [-0.2, 0) is 11.3 Å². The molecule has 1 fully saturated rings. The molecule has 0 spiro atoms. The molecule has 1 saturated heterocycles. The summed E-state index contributed by atoms with van der Waals surface area (Å²) in [4.78, 5) is 14.4. The lowest BCUT2D eigenvalue weighted by Gasteiger charge is -2.22. The van der Waals surface area contributed by atoms with E-state index in [2.05, 4.69) is 33.7 Å². The highest BCUT2D eigenvalue weighted by Crippen LogP contribution is 2.20. The van der Waals surface area contributed by atoms with Crippen LogP contribution in [0.2, 0.25) is 0 Å². The second kappa shape index (κ2) is 6.86. The molecular weight excluding hydrogens is 250 g/mol. The van der Waals surface area contributed by atoms with E-state index in [0.29, 0.717) is 0 Å². The van der Waals surface area contributed by atoms with Crippen molar-refractivity contribution in [1.82, 2.24) is 10.2 Å². The Morgan fingerprint density at radius 1 is 1.35 bits per heavy atom. The molecule has 110 valence electrons. The van der Waals surface area contributed by atoms with Crippen molar-refractivity contribution >= 4 is 11.6 Å². The Morgan fingerprint density at radius 2 is 2.05 bits per heavy atom. The molecule has 0 aromatic heterocycles. The highest BCUT2D eigenvalue weighted by atomic mass is 16.1. The van der Waals surface area contributed by atoms with Crippen molar-refractivity contribution in [3.8, 4) is 0 Å². The number of carbonyl (C=O) groups excluding carboxylic acids is 1. The number of anilines is 1. The first-order valence-electron chi connectivity index (χ1n) is 7.32. The molecule has 20 heavy (non-hydrogen) atoms. The van der Waals surface area contributed by atoms with Crippen molar-refractivity contribution in [2.45, 2.75) is 26.3 Å². The van der Waals surface area contributed by atoms with Crippen LogP contribution in [0.4, 0.5) is 5.69 Å². The van der Waals surface area contributed by atoms with Crippen molar-refractivity contribution in [2.75, 3.05) is 32.5 Å². The molecule has 0 atom stereocenters. The summed E-state index contributed by atoms with van der Waals surface area (Å²) in [5.41, 5.74) is 3.30. The second-order valence-corrected chi connectivity index (χ2v) is 5.90. The molecule has 0 radical (unpaired) electrons. The zero-order chi connectivity index (χ0) is 14.5. The van der Waals surface area contributed by atoms with E-state index in [-0.39, 0.29) is 11.8 Å². The number of piperidine rings is 1. The van der Waals surface area contributed by atoms with Gasteiger partial charge in [-0.3, -0.25) is 4.79 Å². The third kappa shape index (κ3) is 4.05. The lowest BCUT2D eigenvalue weighted by molar-refractivity contribution is -0.120. The molecule has 0 aliphatic carbocycles. The number of hydrogen-bond donors (Lipinski definition) is 2. The third-order valence-electron chi connectivity index (χ3n) is 3.77. The van der Waals surface area contributed by atoms with Gasteiger partial charge in [0.2, 0.25) is 5.91 Å². The van der Waals surface area contributed by atoms with E-state index in [1.54, 1.807) is 0 Å². The summed E-state index contributed by atoms with van der Waals surface area (Å²) < 4.78 is 0. The van der Waals surface area contributed by atoms with E-state index in [1.165, 1.54) is 5.56 Å². The monoisotopic (exact) mass is 275 g/mol. The number of hydrogen-bond acceptors (Lipinski definition) is 3. The smallest absolute Gasteiger partial charge is 0.227 e. The minimum absolute atomic E-state index is 0.146. The van der Waals surface area contributed by atoms with Gasteiger partial charge in [0.1, 0.15) is 0 Å². The Kier molecular flexibility index (Phi) is 5.15. The SMILES string of the molecule is Cc1ccc(CN(C)C)cc1NC(=O)C1CCNCC1. The van der Waals surface area contributed by atoms with E-state index in [9.17, 15) is 4.79 Å². The van der Waals surface area contributed by atoms with Crippen molar-refractivity contribution in [3.05, 3.63) is 29.3 Å². The quantitative estimate of drug-likeness (QED) is 0.883. The summed E-state index contributed by atoms with van der Waals surface area (Å²) in [5.74, 6) is 0.310. The Bertz CT molecular complexity index is 465. The second-order valence-electron chi connectivity index (χ2n) is 5.90. The van der Waals surface area contributed by atoms with Crippen LogP contribution in [-0.4, -0.2) is 38.0 Å². The van der Waals surface area contributed by atoms with E-state index >= 15 is 0 Å². The van der Waals surface area contributed by atoms with Crippen LogP contribution in [0, 0.1) is 12.8 Å². The van der Waals surface area contributed by atoms with Crippen LogP contribution in [0.5, 0.6) is 0 Å². The normalized spacial score (nSPS) is 16.4. The molecule has 1 aliphatic heterocycles. The van der Waals surface area contributed by atoms with Crippen LogP contribution in [0.25, 0.3) is 0 Å². The number of nitrogens with zero attached hydrogens (tertiary/aromatic N) is 1. The Morgan fingerprint density at radius 3 is 2.70 bits per heavy atom. The van der Waals surface area contributed by atoms with Gasteiger partial charge in [0, 0.05) is 18.2 Å². The fourth-order valence-corrected chi connectivity index (χ4v) is 2.59. The molecule has 1 amide bonds. The zero-order valence-electron chi connectivity index (χ0n) is 12.7.